The summed E-state index contributed by atoms with van der Waals surface area (Å²) in [6, 6.07) is 0. The first kappa shape index (κ1) is 10.5. The first-order valence-electron chi connectivity index (χ1n) is 4.76. The van der Waals surface area contributed by atoms with Crippen LogP contribution in [0.1, 0.15) is 6.42 Å². The molecule has 1 aliphatic rings. The number of carbonyl (C=O) groups excluding carboxylic acids is 1. The quantitative estimate of drug-likeness (QED) is 0.636. The summed E-state index contributed by atoms with van der Waals surface area (Å²) in [5, 5.41) is 0. The topological polar surface area (TPSA) is 49.6 Å². The van der Waals surface area contributed by atoms with E-state index in [1.807, 2.05) is 4.90 Å². The Labute approximate surface area is 79.7 Å². The van der Waals surface area contributed by atoms with Gasteiger partial charge in [-0.05, 0) is 26.4 Å². The molecule has 2 N–H and O–H groups in total. The lowest BCUT2D eigenvalue weighted by molar-refractivity contribution is -0.128. The van der Waals surface area contributed by atoms with Crippen LogP contribution in [0.2, 0.25) is 0 Å². The molecule has 0 spiro atoms. The van der Waals surface area contributed by atoms with Crippen LogP contribution in [0.15, 0.2) is 0 Å². The third kappa shape index (κ3) is 2.97. The van der Waals surface area contributed by atoms with Gasteiger partial charge in [0.1, 0.15) is 0 Å². The Morgan fingerprint density at radius 1 is 1.62 bits per heavy atom. The molecule has 1 aliphatic heterocycles. The Bertz CT molecular complexity index is 182. The average molecular weight is 185 g/mol. The van der Waals surface area contributed by atoms with Gasteiger partial charge in [-0.25, -0.2) is 0 Å². The molecule has 0 aromatic rings. The van der Waals surface area contributed by atoms with Crippen LogP contribution in [0.4, 0.5) is 0 Å². The number of hydrogen-bond donors (Lipinski definition) is 1. The molecule has 0 unspecified atom stereocenters. The molecular formula is C9H19N3O. The van der Waals surface area contributed by atoms with Crippen LogP contribution >= 0.6 is 0 Å². The molecule has 1 fully saturated rings. The van der Waals surface area contributed by atoms with Crippen LogP contribution in [0.25, 0.3) is 0 Å². The maximum Gasteiger partial charge on any atom is 0.236 e. The highest BCUT2D eigenvalue weighted by Crippen LogP contribution is 2.16. The van der Waals surface area contributed by atoms with Crippen LogP contribution in [0, 0.1) is 5.92 Å². The van der Waals surface area contributed by atoms with Gasteiger partial charge in [0.2, 0.25) is 5.91 Å². The summed E-state index contributed by atoms with van der Waals surface area (Å²) < 4.78 is 0. The lowest BCUT2D eigenvalue weighted by atomic mass is 10.1. The molecule has 76 valence electrons. The Hall–Kier alpha value is -0.610. The molecule has 0 aromatic heterocycles. The third-order valence-corrected chi connectivity index (χ3v) is 2.44. The van der Waals surface area contributed by atoms with Gasteiger partial charge >= 0.3 is 0 Å². The molecule has 1 heterocycles. The summed E-state index contributed by atoms with van der Waals surface area (Å²) >= 11 is 0. The van der Waals surface area contributed by atoms with Crippen LogP contribution in [0.5, 0.6) is 0 Å². The zero-order valence-electron chi connectivity index (χ0n) is 8.49. The molecule has 13 heavy (non-hydrogen) atoms. The summed E-state index contributed by atoms with van der Waals surface area (Å²) in [5.41, 5.74) is 5.30. The van der Waals surface area contributed by atoms with Gasteiger partial charge in [-0.3, -0.25) is 4.79 Å². The highest BCUT2D eigenvalue weighted by molar-refractivity contribution is 5.78. The number of hydrogen-bond acceptors (Lipinski definition) is 3. The van der Waals surface area contributed by atoms with Crippen molar-refractivity contribution < 1.29 is 4.79 Å². The molecule has 0 aromatic carbocycles. The van der Waals surface area contributed by atoms with Gasteiger partial charge in [0.15, 0.2) is 0 Å². The lowest BCUT2D eigenvalue weighted by Crippen LogP contribution is -2.35. The Morgan fingerprint density at radius 2 is 2.31 bits per heavy atom. The molecule has 4 nitrogen and oxygen atoms in total. The molecule has 1 atom stereocenters. The van der Waals surface area contributed by atoms with E-state index in [9.17, 15) is 4.79 Å². The van der Waals surface area contributed by atoms with Crippen LogP contribution in [-0.4, -0.2) is 56.0 Å². The number of likely N-dealkylation sites (tertiary alicyclic amines) is 1. The van der Waals surface area contributed by atoms with Crippen molar-refractivity contribution in [1.82, 2.24) is 9.80 Å². The standard InChI is InChI=1S/C9H19N3O/c1-11(2)6-8-3-4-12(7-8)9(13)5-10/h8H,3-7,10H2,1-2H3/t8-/m1/s1. The van der Waals surface area contributed by atoms with Crippen molar-refractivity contribution in [3.63, 3.8) is 0 Å². The normalized spacial score (nSPS) is 22.8. The Kier molecular flexibility index (Phi) is 3.69. The summed E-state index contributed by atoms with van der Waals surface area (Å²) in [7, 11) is 4.13. The number of nitrogens with zero attached hydrogens (tertiary/aromatic N) is 2. The summed E-state index contributed by atoms with van der Waals surface area (Å²) in [5.74, 6) is 0.715. The van der Waals surface area contributed by atoms with Gasteiger partial charge in [0, 0.05) is 19.6 Å². The highest BCUT2D eigenvalue weighted by atomic mass is 16.2. The molecule has 0 saturated carbocycles. The molecule has 0 aliphatic carbocycles. The fourth-order valence-corrected chi connectivity index (χ4v) is 1.85. The van der Waals surface area contributed by atoms with Gasteiger partial charge < -0.3 is 15.5 Å². The maximum atomic E-state index is 11.2. The van der Waals surface area contributed by atoms with Crippen molar-refractivity contribution in [3.8, 4) is 0 Å². The fourth-order valence-electron chi connectivity index (χ4n) is 1.85. The first-order valence-corrected chi connectivity index (χ1v) is 4.76. The summed E-state index contributed by atoms with van der Waals surface area (Å²) in [6.45, 7) is 2.98. The van der Waals surface area contributed by atoms with Gasteiger partial charge in [0.25, 0.3) is 0 Å². The van der Waals surface area contributed by atoms with E-state index >= 15 is 0 Å². The predicted molar refractivity (Wildman–Crippen MR) is 52.3 cm³/mol. The van der Waals surface area contributed by atoms with Crippen molar-refractivity contribution in [1.29, 1.82) is 0 Å². The smallest absolute Gasteiger partial charge is 0.236 e. The van der Waals surface area contributed by atoms with E-state index in [4.69, 9.17) is 5.73 Å². The Morgan fingerprint density at radius 3 is 2.85 bits per heavy atom. The van der Waals surface area contributed by atoms with Crippen molar-refractivity contribution >= 4 is 5.91 Å². The highest BCUT2D eigenvalue weighted by Gasteiger charge is 2.25. The van der Waals surface area contributed by atoms with Crippen LogP contribution in [-0.2, 0) is 4.79 Å². The van der Waals surface area contributed by atoms with Crippen LogP contribution < -0.4 is 5.73 Å². The van der Waals surface area contributed by atoms with Crippen molar-refractivity contribution in [2.24, 2.45) is 11.7 Å². The minimum Gasteiger partial charge on any atom is -0.341 e. The molecule has 0 radical (unpaired) electrons. The number of amides is 1. The van der Waals surface area contributed by atoms with E-state index in [-0.39, 0.29) is 12.5 Å². The van der Waals surface area contributed by atoms with Gasteiger partial charge in [-0.2, -0.15) is 0 Å². The number of rotatable bonds is 3. The van der Waals surface area contributed by atoms with E-state index in [1.165, 1.54) is 0 Å². The summed E-state index contributed by atoms with van der Waals surface area (Å²) in [4.78, 5) is 15.3. The summed E-state index contributed by atoms with van der Waals surface area (Å²) in [6.07, 6.45) is 1.12. The van der Waals surface area contributed by atoms with E-state index in [0.717, 1.165) is 26.1 Å². The number of carbonyl (C=O) groups is 1. The van der Waals surface area contributed by atoms with E-state index in [2.05, 4.69) is 19.0 Å². The second kappa shape index (κ2) is 4.58. The maximum absolute atomic E-state index is 11.2. The molecule has 1 amide bonds. The van der Waals surface area contributed by atoms with E-state index < -0.39 is 0 Å². The van der Waals surface area contributed by atoms with Gasteiger partial charge in [-0.15, -0.1) is 0 Å². The monoisotopic (exact) mass is 185 g/mol. The molecule has 1 saturated heterocycles. The largest absolute Gasteiger partial charge is 0.341 e. The first-order chi connectivity index (χ1) is 6.13. The average Bonchev–Trinajstić information content (AvgIpc) is 2.50. The van der Waals surface area contributed by atoms with E-state index in [0.29, 0.717) is 5.92 Å². The Balaban J connectivity index is 2.32. The SMILES string of the molecule is CN(C)C[C@H]1CCN(C(=O)CN)C1. The zero-order chi connectivity index (χ0) is 9.84. The molecule has 0 bridgehead atoms. The van der Waals surface area contributed by atoms with Crippen molar-refractivity contribution in [2.75, 3.05) is 40.3 Å². The van der Waals surface area contributed by atoms with Gasteiger partial charge in [0.05, 0.1) is 6.54 Å². The lowest BCUT2D eigenvalue weighted by Gasteiger charge is -2.17. The van der Waals surface area contributed by atoms with Crippen LogP contribution in [0.3, 0.4) is 0 Å². The molecule has 4 heteroatoms. The van der Waals surface area contributed by atoms with Crippen molar-refractivity contribution in [3.05, 3.63) is 0 Å². The third-order valence-electron chi connectivity index (χ3n) is 2.44. The fraction of sp³-hybridized carbons (Fsp3) is 0.889. The molecular weight excluding hydrogens is 166 g/mol. The number of nitrogens with two attached hydrogens (primary N) is 1. The minimum atomic E-state index is 0.0845. The second-order valence-electron chi connectivity index (χ2n) is 3.96. The molecule has 1 rings (SSSR count). The minimum absolute atomic E-state index is 0.0845. The van der Waals surface area contributed by atoms with Gasteiger partial charge in [-0.1, -0.05) is 0 Å². The van der Waals surface area contributed by atoms with E-state index in [1.54, 1.807) is 0 Å². The zero-order valence-corrected chi connectivity index (χ0v) is 8.49. The van der Waals surface area contributed by atoms with Crippen molar-refractivity contribution in [2.45, 2.75) is 6.42 Å². The predicted octanol–water partition coefficient (Wildman–Crippen LogP) is -0.645. The second-order valence-corrected chi connectivity index (χ2v) is 3.96.